The number of carboxylic acids is 1. The van der Waals surface area contributed by atoms with Gasteiger partial charge in [0.2, 0.25) is 0 Å². The van der Waals surface area contributed by atoms with Gasteiger partial charge in [-0.3, -0.25) is 4.79 Å². The number of aliphatic carboxylic acids is 1. The molecule has 0 heterocycles. The summed E-state index contributed by atoms with van der Waals surface area (Å²) in [6.45, 7) is 2.84. The van der Waals surface area contributed by atoms with Crippen LogP contribution in [0.1, 0.15) is 39.5 Å². The molecule has 0 aromatic heterocycles. The molecule has 4 nitrogen and oxygen atoms in total. The number of halogens is 3. The highest BCUT2D eigenvalue weighted by atomic mass is 19.4. The minimum absolute atomic E-state index is 0.0109. The summed E-state index contributed by atoms with van der Waals surface area (Å²) in [6, 6.07) is 0. The van der Waals surface area contributed by atoms with Gasteiger partial charge in [-0.15, -0.1) is 0 Å². The molecule has 7 heteroatoms. The Kier molecular flexibility index (Phi) is 8.01. The molecule has 0 saturated carbocycles. The van der Waals surface area contributed by atoms with Crippen LogP contribution in [-0.4, -0.2) is 42.5 Å². The molecule has 0 radical (unpaired) electrons. The van der Waals surface area contributed by atoms with Crippen molar-refractivity contribution in [2.24, 2.45) is 0 Å². The van der Waals surface area contributed by atoms with Crippen molar-refractivity contribution in [1.82, 2.24) is 5.32 Å². The average Bonchev–Trinajstić information content (AvgIpc) is 2.29. The molecule has 0 spiro atoms. The summed E-state index contributed by atoms with van der Waals surface area (Å²) in [4.78, 5) is 11.1. The van der Waals surface area contributed by atoms with Crippen LogP contribution in [0.25, 0.3) is 0 Å². The first kappa shape index (κ1) is 18.2. The van der Waals surface area contributed by atoms with Gasteiger partial charge in [-0.25, -0.2) is 0 Å². The fourth-order valence-electron chi connectivity index (χ4n) is 1.54. The van der Waals surface area contributed by atoms with Crippen molar-refractivity contribution < 1.29 is 27.8 Å². The monoisotopic (exact) mass is 285 g/mol. The molecule has 0 aliphatic heterocycles. The van der Waals surface area contributed by atoms with E-state index in [-0.39, 0.29) is 6.61 Å². The molecule has 2 N–H and O–H groups in total. The Bertz CT molecular complexity index is 271. The lowest BCUT2D eigenvalue weighted by molar-refractivity contribution is -0.174. The van der Waals surface area contributed by atoms with E-state index in [2.05, 4.69) is 10.1 Å². The fourth-order valence-corrected chi connectivity index (χ4v) is 1.54. The predicted molar refractivity (Wildman–Crippen MR) is 65.1 cm³/mol. The van der Waals surface area contributed by atoms with Crippen LogP contribution in [0.3, 0.4) is 0 Å². The highest BCUT2D eigenvalue weighted by Gasteiger charge is 2.31. The van der Waals surface area contributed by atoms with Gasteiger partial charge in [0.1, 0.15) is 12.1 Å². The topological polar surface area (TPSA) is 58.6 Å². The highest BCUT2D eigenvalue weighted by molar-refractivity contribution is 5.78. The van der Waals surface area contributed by atoms with Crippen molar-refractivity contribution in [3.05, 3.63) is 0 Å². The summed E-state index contributed by atoms with van der Waals surface area (Å²) in [5.74, 6) is -0.947. The zero-order valence-corrected chi connectivity index (χ0v) is 11.3. The van der Waals surface area contributed by atoms with Gasteiger partial charge in [-0.05, 0) is 39.2 Å². The Morgan fingerprint density at radius 2 is 1.95 bits per heavy atom. The van der Waals surface area contributed by atoms with Crippen LogP contribution >= 0.6 is 0 Å². The third kappa shape index (κ3) is 8.83. The van der Waals surface area contributed by atoms with Gasteiger partial charge < -0.3 is 15.2 Å². The van der Waals surface area contributed by atoms with Crippen LogP contribution in [0, 0.1) is 0 Å². The quantitative estimate of drug-likeness (QED) is 0.606. The molecule has 0 aromatic rings. The van der Waals surface area contributed by atoms with Gasteiger partial charge in [0.15, 0.2) is 0 Å². The molecule has 19 heavy (non-hydrogen) atoms. The number of rotatable bonds is 10. The van der Waals surface area contributed by atoms with Crippen molar-refractivity contribution >= 4 is 5.97 Å². The first-order chi connectivity index (χ1) is 8.71. The predicted octanol–water partition coefficient (Wildman–Crippen LogP) is 2.58. The van der Waals surface area contributed by atoms with Gasteiger partial charge in [0.05, 0.1) is 0 Å². The smallest absolute Gasteiger partial charge is 0.411 e. The number of nitrogens with one attached hydrogen (secondary N) is 1. The number of ether oxygens (including phenoxy) is 1. The molecule has 0 rings (SSSR count). The second-order valence-corrected chi connectivity index (χ2v) is 4.69. The first-order valence-corrected chi connectivity index (χ1v) is 6.34. The molecule has 114 valence electrons. The minimum atomic E-state index is -4.31. The molecule has 0 bridgehead atoms. The largest absolute Gasteiger partial charge is 0.480 e. The average molecular weight is 285 g/mol. The Morgan fingerprint density at radius 3 is 2.42 bits per heavy atom. The second-order valence-electron chi connectivity index (χ2n) is 4.69. The molecule has 1 unspecified atom stereocenters. The zero-order chi connectivity index (χ0) is 14.9. The van der Waals surface area contributed by atoms with E-state index in [0.717, 1.165) is 6.42 Å². The van der Waals surface area contributed by atoms with Crippen molar-refractivity contribution in [2.75, 3.05) is 19.8 Å². The summed E-state index contributed by atoms with van der Waals surface area (Å²) < 4.78 is 39.8. The SMILES string of the molecule is CCCNC(C)(CCCCOCC(F)(F)F)C(=O)O. The number of hydrogen-bond donors (Lipinski definition) is 2. The van der Waals surface area contributed by atoms with Gasteiger partial charge >= 0.3 is 12.1 Å². The van der Waals surface area contributed by atoms with E-state index in [0.29, 0.717) is 25.8 Å². The van der Waals surface area contributed by atoms with Gasteiger partial charge in [0.25, 0.3) is 0 Å². The summed E-state index contributed by atoms with van der Waals surface area (Å²) in [7, 11) is 0. The summed E-state index contributed by atoms with van der Waals surface area (Å²) >= 11 is 0. The maximum Gasteiger partial charge on any atom is 0.411 e. The number of unbranched alkanes of at least 4 members (excludes halogenated alkanes) is 1. The molecule has 0 aliphatic carbocycles. The Morgan fingerprint density at radius 1 is 1.32 bits per heavy atom. The van der Waals surface area contributed by atoms with Crippen molar-refractivity contribution in [2.45, 2.75) is 51.2 Å². The number of hydrogen-bond acceptors (Lipinski definition) is 3. The molecule has 0 aromatic carbocycles. The maximum absolute atomic E-state index is 11.8. The van der Waals surface area contributed by atoms with Crippen molar-refractivity contribution in [1.29, 1.82) is 0 Å². The van der Waals surface area contributed by atoms with Crippen LogP contribution in [0.4, 0.5) is 13.2 Å². The molecular weight excluding hydrogens is 263 g/mol. The van der Waals surface area contributed by atoms with Crippen molar-refractivity contribution in [3.8, 4) is 0 Å². The van der Waals surface area contributed by atoms with Crippen LogP contribution in [0.2, 0.25) is 0 Å². The Hall–Kier alpha value is -0.820. The van der Waals surface area contributed by atoms with Crippen LogP contribution < -0.4 is 5.32 Å². The molecule has 1 atom stereocenters. The van der Waals surface area contributed by atoms with Gasteiger partial charge in [0, 0.05) is 6.61 Å². The summed E-state index contributed by atoms with van der Waals surface area (Å²) in [5, 5.41) is 12.1. The third-order valence-corrected chi connectivity index (χ3v) is 2.72. The van der Waals surface area contributed by atoms with E-state index in [1.54, 1.807) is 6.92 Å². The first-order valence-electron chi connectivity index (χ1n) is 6.34. The minimum Gasteiger partial charge on any atom is -0.480 e. The number of carboxylic acid groups (broad SMARTS) is 1. The molecule has 0 amide bonds. The maximum atomic E-state index is 11.8. The normalized spacial score (nSPS) is 15.2. The summed E-state index contributed by atoms with van der Waals surface area (Å²) in [6.07, 6.45) is -2.22. The molecule has 0 aliphatic rings. The number of alkyl halides is 3. The second kappa shape index (κ2) is 8.37. The van der Waals surface area contributed by atoms with E-state index < -0.39 is 24.3 Å². The molecular formula is C12H22F3NO3. The standard InChI is InChI=1S/C12H22F3NO3/c1-3-7-16-11(2,10(17)18)6-4-5-8-19-9-12(13,14)15/h16H,3-9H2,1-2H3,(H,17,18). The fraction of sp³-hybridized carbons (Fsp3) is 0.917. The van der Waals surface area contributed by atoms with Crippen LogP contribution in [0.5, 0.6) is 0 Å². The molecule has 0 fully saturated rings. The Balaban J connectivity index is 3.85. The lowest BCUT2D eigenvalue weighted by atomic mass is 9.95. The Labute approximate surface area is 111 Å². The van der Waals surface area contributed by atoms with Gasteiger partial charge in [-0.1, -0.05) is 6.92 Å². The van der Waals surface area contributed by atoms with Gasteiger partial charge in [-0.2, -0.15) is 13.2 Å². The van der Waals surface area contributed by atoms with E-state index in [1.807, 2.05) is 6.92 Å². The zero-order valence-electron chi connectivity index (χ0n) is 11.3. The van der Waals surface area contributed by atoms with Crippen LogP contribution in [0.15, 0.2) is 0 Å². The van der Waals surface area contributed by atoms with Crippen LogP contribution in [-0.2, 0) is 9.53 Å². The lowest BCUT2D eigenvalue weighted by Crippen LogP contribution is -2.49. The highest BCUT2D eigenvalue weighted by Crippen LogP contribution is 2.16. The molecule has 0 saturated heterocycles. The van der Waals surface area contributed by atoms with E-state index in [4.69, 9.17) is 5.11 Å². The number of carbonyl (C=O) groups is 1. The lowest BCUT2D eigenvalue weighted by Gasteiger charge is -2.26. The van der Waals surface area contributed by atoms with Crippen molar-refractivity contribution in [3.63, 3.8) is 0 Å². The third-order valence-electron chi connectivity index (χ3n) is 2.72. The van der Waals surface area contributed by atoms with E-state index >= 15 is 0 Å². The van der Waals surface area contributed by atoms with E-state index in [1.165, 1.54) is 0 Å². The summed E-state index contributed by atoms with van der Waals surface area (Å²) in [5.41, 5.74) is -1.03. The van der Waals surface area contributed by atoms with E-state index in [9.17, 15) is 18.0 Å².